The summed E-state index contributed by atoms with van der Waals surface area (Å²) < 4.78 is 0. The third-order valence-corrected chi connectivity index (χ3v) is 6.06. The van der Waals surface area contributed by atoms with Gasteiger partial charge in [-0.2, -0.15) is 0 Å². The van der Waals surface area contributed by atoms with Crippen molar-refractivity contribution in [3.63, 3.8) is 0 Å². The van der Waals surface area contributed by atoms with Gasteiger partial charge >= 0.3 is 0 Å². The van der Waals surface area contributed by atoms with E-state index in [1.54, 1.807) is 16.2 Å². The second-order valence-electron chi connectivity index (χ2n) is 7.11. The highest BCUT2D eigenvalue weighted by Crippen LogP contribution is 2.25. The van der Waals surface area contributed by atoms with Crippen LogP contribution in [-0.2, 0) is 24.3 Å². The monoisotopic (exact) mass is 377 g/mol. The molecule has 1 atom stereocenters. The molecule has 4 nitrogen and oxygen atoms in total. The van der Waals surface area contributed by atoms with Gasteiger partial charge in [0.2, 0.25) is 5.91 Å². The Kier molecular flexibility index (Phi) is 5.05. The lowest BCUT2D eigenvalue weighted by molar-refractivity contribution is -0.136. The smallest absolute Gasteiger partial charge is 0.240 e. The summed E-state index contributed by atoms with van der Waals surface area (Å²) in [5, 5.41) is 3.04. The molecule has 2 aromatic carbocycles. The van der Waals surface area contributed by atoms with Crippen LogP contribution >= 0.6 is 11.3 Å². The summed E-state index contributed by atoms with van der Waals surface area (Å²) in [4.78, 5) is 21.7. The van der Waals surface area contributed by atoms with Gasteiger partial charge in [0.25, 0.3) is 0 Å². The maximum atomic E-state index is 13.1. The molecule has 27 heavy (non-hydrogen) atoms. The molecule has 1 aromatic heterocycles. The zero-order valence-corrected chi connectivity index (χ0v) is 16.4. The predicted molar refractivity (Wildman–Crippen MR) is 109 cm³/mol. The molecule has 5 heteroatoms. The highest BCUT2D eigenvalue weighted by molar-refractivity contribution is 7.13. The number of nitrogens with zero attached hydrogens (tertiary/aromatic N) is 3. The minimum atomic E-state index is -0.114. The molecule has 1 unspecified atom stereocenters. The lowest BCUT2D eigenvalue weighted by atomic mass is 9.94. The average molecular weight is 378 g/mol. The summed E-state index contributed by atoms with van der Waals surface area (Å²) >= 11 is 1.62. The van der Waals surface area contributed by atoms with Crippen LogP contribution in [0.4, 0.5) is 0 Å². The number of benzene rings is 2. The molecule has 138 valence electrons. The van der Waals surface area contributed by atoms with Crippen LogP contribution in [-0.4, -0.2) is 40.8 Å². The fourth-order valence-corrected chi connectivity index (χ4v) is 4.42. The van der Waals surface area contributed by atoms with Gasteiger partial charge in [-0.25, -0.2) is 4.98 Å². The highest BCUT2D eigenvalue weighted by atomic mass is 32.1. The van der Waals surface area contributed by atoms with Gasteiger partial charge in [0, 0.05) is 24.5 Å². The van der Waals surface area contributed by atoms with Crippen LogP contribution in [0.25, 0.3) is 10.6 Å². The third kappa shape index (κ3) is 3.80. The number of amides is 1. The Balaban J connectivity index is 1.45. The summed E-state index contributed by atoms with van der Waals surface area (Å²) in [5.74, 6) is 0.154. The van der Waals surface area contributed by atoms with E-state index in [4.69, 9.17) is 4.98 Å². The first-order valence-corrected chi connectivity index (χ1v) is 10.0. The minimum Gasteiger partial charge on any atom is -0.338 e. The van der Waals surface area contributed by atoms with Crippen molar-refractivity contribution < 1.29 is 4.79 Å². The van der Waals surface area contributed by atoms with Gasteiger partial charge in [0.1, 0.15) is 5.01 Å². The number of carbonyl (C=O) groups is 1. The lowest BCUT2D eigenvalue weighted by Gasteiger charge is -2.35. The first-order chi connectivity index (χ1) is 13.1. The van der Waals surface area contributed by atoms with E-state index < -0.39 is 0 Å². The molecule has 0 radical (unpaired) electrons. The molecule has 2 heterocycles. The molecule has 0 aliphatic carbocycles. The van der Waals surface area contributed by atoms with E-state index in [-0.39, 0.29) is 11.9 Å². The van der Waals surface area contributed by atoms with Crippen molar-refractivity contribution in [2.45, 2.75) is 25.6 Å². The molecule has 0 spiro atoms. The van der Waals surface area contributed by atoms with Crippen molar-refractivity contribution in [3.8, 4) is 10.6 Å². The Hall–Kier alpha value is -2.50. The summed E-state index contributed by atoms with van der Waals surface area (Å²) in [7, 11) is 3.90. The molecule has 0 saturated carbocycles. The molecule has 0 saturated heterocycles. The Morgan fingerprint density at radius 3 is 2.63 bits per heavy atom. The van der Waals surface area contributed by atoms with Gasteiger partial charge in [-0.1, -0.05) is 54.6 Å². The van der Waals surface area contributed by atoms with Crippen molar-refractivity contribution in [2.75, 3.05) is 14.1 Å². The molecule has 0 fully saturated rings. The van der Waals surface area contributed by atoms with Crippen molar-refractivity contribution >= 4 is 17.2 Å². The number of fused-ring (bicyclic) bond motifs is 1. The van der Waals surface area contributed by atoms with Crippen LogP contribution in [0, 0.1) is 0 Å². The molecule has 1 aliphatic heterocycles. The molecule has 3 aromatic rings. The van der Waals surface area contributed by atoms with Gasteiger partial charge in [-0.15, -0.1) is 11.3 Å². The molecular formula is C22H23N3OS. The zero-order valence-electron chi connectivity index (χ0n) is 15.6. The molecule has 1 amide bonds. The molecular weight excluding hydrogens is 354 g/mol. The molecule has 0 N–H and O–H groups in total. The van der Waals surface area contributed by atoms with E-state index in [0.29, 0.717) is 6.54 Å². The standard InChI is InChI=1S/C22H23N3OS/c1-24-13-18-11-7-6-10-17(18)12-20(24)22(26)25(2)14-19-15-27-21(23-19)16-8-4-3-5-9-16/h3-11,15,20H,12-14H2,1-2H3. The second kappa shape index (κ2) is 7.62. The van der Waals surface area contributed by atoms with Crippen molar-refractivity contribution in [2.24, 2.45) is 0 Å². The molecule has 1 aliphatic rings. The molecule has 4 rings (SSSR count). The van der Waals surface area contributed by atoms with Crippen molar-refractivity contribution in [1.82, 2.24) is 14.8 Å². The average Bonchev–Trinajstić information content (AvgIpc) is 3.16. The van der Waals surface area contributed by atoms with E-state index in [1.807, 2.05) is 37.7 Å². The quantitative estimate of drug-likeness (QED) is 0.693. The minimum absolute atomic E-state index is 0.114. The lowest BCUT2D eigenvalue weighted by Crippen LogP contribution is -2.48. The third-order valence-electron chi connectivity index (χ3n) is 5.12. The van der Waals surface area contributed by atoms with Crippen LogP contribution in [0.3, 0.4) is 0 Å². The Morgan fingerprint density at radius 2 is 1.85 bits per heavy atom. The van der Waals surface area contributed by atoms with Gasteiger partial charge in [0.15, 0.2) is 0 Å². The van der Waals surface area contributed by atoms with E-state index in [9.17, 15) is 4.79 Å². The fourth-order valence-electron chi connectivity index (χ4n) is 3.60. The van der Waals surface area contributed by atoms with Gasteiger partial charge in [0.05, 0.1) is 18.3 Å². The van der Waals surface area contributed by atoms with Crippen molar-refractivity contribution in [3.05, 3.63) is 76.8 Å². The van der Waals surface area contributed by atoms with Gasteiger partial charge in [-0.3, -0.25) is 9.69 Å². The summed E-state index contributed by atoms with van der Waals surface area (Å²) in [6.45, 7) is 1.35. The highest BCUT2D eigenvalue weighted by Gasteiger charge is 2.31. The topological polar surface area (TPSA) is 36.4 Å². The van der Waals surface area contributed by atoms with Crippen LogP contribution in [0.15, 0.2) is 60.0 Å². The summed E-state index contributed by atoms with van der Waals surface area (Å²) in [6, 6.07) is 18.4. The van der Waals surface area contributed by atoms with Crippen molar-refractivity contribution in [1.29, 1.82) is 0 Å². The van der Waals surface area contributed by atoms with E-state index >= 15 is 0 Å². The largest absolute Gasteiger partial charge is 0.338 e. The van der Waals surface area contributed by atoms with E-state index in [0.717, 1.165) is 29.2 Å². The Morgan fingerprint density at radius 1 is 1.15 bits per heavy atom. The molecule has 0 bridgehead atoms. The number of hydrogen-bond acceptors (Lipinski definition) is 4. The zero-order chi connectivity index (χ0) is 18.8. The Labute approximate surface area is 164 Å². The SMILES string of the molecule is CN(Cc1csc(-c2ccccc2)n1)C(=O)C1Cc2ccccc2CN1C. The summed E-state index contributed by atoms with van der Waals surface area (Å²) in [5.41, 5.74) is 4.65. The van der Waals surface area contributed by atoms with E-state index in [2.05, 4.69) is 41.3 Å². The summed E-state index contributed by atoms with van der Waals surface area (Å²) in [6.07, 6.45) is 0.766. The second-order valence-corrected chi connectivity index (χ2v) is 7.97. The number of aromatic nitrogens is 1. The fraction of sp³-hybridized carbons (Fsp3) is 0.273. The maximum Gasteiger partial charge on any atom is 0.240 e. The van der Waals surface area contributed by atoms with Gasteiger partial charge < -0.3 is 4.90 Å². The number of thiazole rings is 1. The van der Waals surface area contributed by atoms with Crippen LogP contribution in [0.5, 0.6) is 0 Å². The first-order valence-electron chi connectivity index (χ1n) is 9.13. The predicted octanol–water partition coefficient (Wildman–Crippen LogP) is 3.83. The maximum absolute atomic E-state index is 13.1. The van der Waals surface area contributed by atoms with Crippen LogP contribution < -0.4 is 0 Å². The Bertz CT molecular complexity index is 937. The normalized spacial score (nSPS) is 16.7. The number of rotatable bonds is 4. The number of likely N-dealkylation sites (N-methyl/N-ethyl adjacent to an activating group) is 2. The van der Waals surface area contributed by atoms with E-state index in [1.165, 1.54) is 11.1 Å². The van der Waals surface area contributed by atoms with Crippen LogP contribution in [0.1, 0.15) is 16.8 Å². The van der Waals surface area contributed by atoms with Crippen LogP contribution in [0.2, 0.25) is 0 Å². The number of hydrogen-bond donors (Lipinski definition) is 0. The van der Waals surface area contributed by atoms with Gasteiger partial charge in [-0.05, 0) is 24.6 Å². The first kappa shape index (κ1) is 17.9. The number of carbonyl (C=O) groups excluding carboxylic acids is 1.